The zero-order valence-corrected chi connectivity index (χ0v) is 18.7. The van der Waals surface area contributed by atoms with Gasteiger partial charge in [-0.1, -0.05) is 42.5 Å². The predicted molar refractivity (Wildman–Crippen MR) is 114 cm³/mol. The normalized spacial score (nSPS) is 23.7. The van der Waals surface area contributed by atoms with Gasteiger partial charge in [0.15, 0.2) is 5.41 Å². The van der Waals surface area contributed by atoms with Crippen molar-refractivity contribution in [3.8, 4) is 6.07 Å². The molecule has 6 nitrogen and oxygen atoms in total. The number of hydrogen-bond acceptors (Lipinski definition) is 5. The van der Waals surface area contributed by atoms with Crippen LogP contribution in [0.2, 0.25) is 0 Å². The number of rotatable bonds is 4. The summed E-state index contributed by atoms with van der Waals surface area (Å²) >= 11 is 3.32. The first-order valence-electron chi connectivity index (χ1n) is 9.84. The average Bonchev–Trinajstić information content (AvgIpc) is 3.26. The fourth-order valence-electron chi connectivity index (χ4n) is 4.48. The topological polar surface area (TPSA) is 79.6 Å². The highest BCUT2D eigenvalue weighted by Crippen LogP contribution is 2.62. The molecule has 33 heavy (non-hydrogen) atoms. The van der Waals surface area contributed by atoms with Crippen LogP contribution in [0.5, 0.6) is 0 Å². The van der Waals surface area contributed by atoms with E-state index in [1.54, 1.807) is 42.5 Å². The van der Waals surface area contributed by atoms with Gasteiger partial charge in [-0.15, -0.1) is 0 Å². The van der Waals surface area contributed by atoms with Gasteiger partial charge in [0.05, 0.1) is 30.5 Å². The molecule has 0 saturated heterocycles. The lowest BCUT2D eigenvalue weighted by Crippen LogP contribution is -2.68. The third kappa shape index (κ3) is 2.92. The molecule has 0 aromatic heterocycles. The first kappa shape index (κ1) is 22.9. The number of fused-ring (bicyclic) bond motifs is 2. The van der Waals surface area contributed by atoms with Crippen molar-refractivity contribution in [3.63, 3.8) is 0 Å². The first-order valence-corrected chi connectivity index (χ1v) is 10.6. The highest BCUT2D eigenvalue weighted by Gasteiger charge is 2.84. The average molecular weight is 521 g/mol. The molecular formula is C23H16BrF3N2O4. The van der Waals surface area contributed by atoms with E-state index in [4.69, 9.17) is 9.47 Å². The van der Waals surface area contributed by atoms with E-state index in [0.717, 1.165) is 4.90 Å². The molecule has 2 heterocycles. The van der Waals surface area contributed by atoms with Crippen LogP contribution in [0.25, 0.3) is 0 Å². The van der Waals surface area contributed by atoms with Crippen molar-refractivity contribution in [1.29, 1.82) is 5.26 Å². The van der Waals surface area contributed by atoms with E-state index in [-0.39, 0.29) is 24.4 Å². The van der Waals surface area contributed by atoms with Crippen LogP contribution in [0.15, 0.2) is 64.8 Å². The van der Waals surface area contributed by atoms with Gasteiger partial charge in [0.1, 0.15) is 6.26 Å². The van der Waals surface area contributed by atoms with Gasteiger partial charge in [0, 0.05) is 10.0 Å². The van der Waals surface area contributed by atoms with Gasteiger partial charge in [-0.3, -0.25) is 4.79 Å². The number of esters is 1. The van der Waals surface area contributed by atoms with Crippen LogP contribution in [0.1, 0.15) is 18.1 Å². The third-order valence-electron chi connectivity index (χ3n) is 5.78. The summed E-state index contributed by atoms with van der Waals surface area (Å²) in [4.78, 5) is 28.1. The Morgan fingerprint density at radius 1 is 1.21 bits per heavy atom. The lowest BCUT2D eigenvalue weighted by molar-refractivity contribution is -0.271. The number of halogens is 4. The van der Waals surface area contributed by atoms with Crippen LogP contribution in [-0.4, -0.2) is 30.3 Å². The quantitative estimate of drug-likeness (QED) is 0.553. The van der Waals surface area contributed by atoms with Gasteiger partial charge in [0.2, 0.25) is 5.91 Å². The van der Waals surface area contributed by atoms with Crippen LogP contribution in [0, 0.1) is 11.3 Å². The monoisotopic (exact) mass is 520 g/mol. The summed E-state index contributed by atoms with van der Waals surface area (Å²) in [6, 6.07) is 14.6. The number of carbonyl (C=O) groups is 2. The number of nitrogens with zero attached hydrogens (tertiary/aromatic N) is 2. The summed E-state index contributed by atoms with van der Waals surface area (Å²) in [5, 5.41) is 9.79. The molecule has 1 amide bonds. The lowest BCUT2D eigenvalue weighted by Gasteiger charge is -2.40. The van der Waals surface area contributed by atoms with Crippen molar-refractivity contribution in [3.05, 3.63) is 76.0 Å². The summed E-state index contributed by atoms with van der Waals surface area (Å²) in [6.45, 7) is 0.864. The second kappa shape index (κ2) is 7.92. The summed E-state index contributed by atoms with van der Waals surface area (Å²) in [5.74, 6) is -2.90. The lowest BCUT2D eigenvalue weighted by atomic mass is 9.64. The molecule has 2 aliphatic heterocycles. The fraction of sp³-hybridized carbons (Fsp3) is 0.261. The Morgan fingerprint density at radius 2 is 1.91 bits per heavy atom. The molecule has 0 radical (unpaired) electrons. The summed E-state index contributed by atoms with van der Waals surface area (Å²) in [6.07, 6.45) is -4.86. The minimum absolute atomic E-state index is 0.0908. The van der Waals surface area contributed by atoms with Gasteiger partial charge in [-0.25, -0.2) is 4.79 Å². The van der Waals surface area contributed by atoms with Crippen LogP contribution < -0.4 is 4.90 Å². The second-order valence-corrected chi connectivity index (χ2v) is 8.28. The zero-order valence-electron chi connectivity index (χ0n) is 17.1. The molecule has 0 saturated carbocycles. The Hall–Kier alpha value is -3.32. The van der Waals surface area contributed by atoms with Gasteiger partial charge in [0.25, 0.3) is 0 Å². The van der Waals surface area contributed by atoms with Crippen molar-refractivity contribution in [2.75, 3.05) is 11.5 Å². The smallest absolute Gasteiger partial charge is 0.441 e. The van der Waals surface area contributed by atoms with Crippen LogP contribution in [-0.2, 0) is 31.0 Å². The van der Waals surface area contributed by atoms with Gasteiger partial charge in [-0.2, -0.15) is 18.4 Å². The molecule has 170 valence electrons. The molecule has 10 heteroatoms. The van der Waals surface area contributed by atoms with Crippen LogP contribution >= 0.6 is 15.9 Å². The van der Waals surface area contributed by atoms with E-state index in [2.05, 4.69) is 15.9 Å². The van der Waals surface area contributed by atoms with E-state index < -0.39 is 34.6 Å². The molecule has 0 aliphatic carbocycles. The number of carbonyl (C=O) groups excluding carboxylic acids is 2. The SMILES string of the molecule is CCOC(=O)[C@@]1(C(F)(F)F)OC=C(C#N)[C@]12C(=O)N(Cc1ccccc1)c1c(Br)cccc12. The van der Waals surface area contributed by atoms with Crippen LogP contribution in [0.3, 0.4) is 0 Å². The number of ether oxygens (including phenoxy) is 2. The third-order valence-corrected chi connectivity index (χ3v) is 6.42. The number of amides is 1. The van der Waals surface area contributed by atoms with Gasteiger partial charge >= 0.3 is 17.7 Å². The van der Waals surface area contributed by atoms with Crippen molar-refractivity contribution in [2.24, 2.45) is 0 Å². The Morgan fingerprint density at radius 3 is 2.52 bits per heavy atom. The predicted octanol–water partition coefficient (Wildman–Crippen LogP) is 4.54. The molecule has 0 bridgehead atoms. The van der Waals surface area contributed by atoms with Gasteiger partial charge in [-0.05, 0) is 34.5 Å². The van der Waals surface area contributed by atoms with Crippen molar-refractivity contribution >= 4 is 33.5 Å². The molecule has 0 fully saturated rings. The van der Waals surface area contributed by atoms with Crippen LogP contribution in [0.4, 0.5) is 18.9 Å². The summed E-state index contributed by atoms with van der Waals surface area (Å²) in [5.41, 5.74) is -6.61. The largest absolute Gasteiger partial charge is 0.472 e. The highest BCUT2D eigenvalue weighted by atomic mass is 79.9. The molecule has 2 aromatic carbocycles. The number of hydrogen-bond donors (Lipinski definition) is 0. The number of para-hydroxylation sites is 1. The molecule has 0 unspecified atom stereocenters. The Bertz CT molecular complexity index is 1210. The fourth-order valence-corrected chi connectivity index (χ4v) is 5.06. The van der Waals surface area contributed by atoms with Crippen molar-refractivity contribution in [2.45, 2.75) is 30.7 Å². The Balaban J connectivity index is 2.06. The maximum absolute atomic E-state index is 14.8. The summed E-state index contributed by atoms with van der Waals surface area (Å²) < 4.78 is 54.4. The number of nitriles is 1. The standard InChI is InChI=1S/C23H16BrF3N2O4/c1-2-32-20(31)22(23(25,26)27)21(15(11-28)13-33-22)16-9-6-10-17(24)18(16)29(19(21)30)12-14-7-4-3-5-8-14/h3-10,13H,2,12H2,1H3/t21-,22+/m0/s1. The molecular weight excluding hydrogens is 505 g/mol. The summed E-state index contributed by atoms with van der Waals surface area (Å²) in [7, 11) is 0. The van der Waals surface area contributed by atoms with E-state index in [9.17, 15) is 28.0 Å². The molecule has 2 aromatic rings. The van der Waals surface area contributed by atoms with E-state index in [0.29, 0.717) is 16.3 Å². The first-order chi connectivity index (χ1) is 15.7. The molecule has 1 spiro atoms. The number of alkyl halides is 3. The Kier molecular flexibility index (Phi) is 5.48. The maximum Gasteiger partial charge on any atom is 0.441 e. The van der Waals surface area contributed by atoms with E-state index in [1.165, 1.54) is 19.1 Å². The van der Waals surface area contributed by atoms with E-state index >= 15 is 0 Å². The molecule has 4 rings (SSSR count). The maximum atomic E-state index is 14.8. The van der Waals surface area contributed by atoms with E-state index in [1.807, 2.05) is 0 Å². The highest BCUT2D eigenvalue weighted by molar-refractivity contribution is 9.10. The Labute approximate surface area is 195 Å². The number of benzene rings is 2. The van der Waals surface area contributed by atoms with Crippen molar-refractivity contribution in [1.82, 2.24) is 0 Å². The van der Waals surface area contributed by atoms with Crippen molar-refractivity contribution < 1.29 is 32.2 Å². The minimum Gasteiger partial charge on any atom is -0.472 e. The minimum atomic E-state index is -5.40. The zero-order chi connectivity index (χ0) is 24.0. The number of anilines is 1. The molecule has 2 aliphatic rings. The molecule has 0 N–H and O–H groups in total. The van der Waals surface area contributed by atoms with Gasteiger partial charge < -0.3 is 14.4 Å². The second-order valence-electron chi connectivity index (χ2n) is 7.42. The molecule has 2 atom stereocenters.